The summed E-state index contributed by atoms with van der Waals surface area (Å²) in [7, 11) is 0. The molecule has 0 heterocycles. The Labute approximate surface area is 81.5 Å². The minimum absolute atomic E-state index is 0.261. The molecule has 2 saturated carbocycles. The standard InChI is InChI=1S/C12H22O/c1-10-6-8-12(10,13)9-7-11-4-2-3-5-11/h10-11,13H,2-9H2,1H3. The highest BCUT2D eigenvalue weighted by Gasteiger charge is 2.41. The van der Waals surface area contributed by atoms with Crippen molar-refractivity contribution in [3.05, 3.63) is 0 Å². The molecule has 2 fully saturated rings. The highest BCUT2D eigenvalue weighted by Crippen LogP contribution is 2.43. The lowest BCUT2D eigenvalue weighted by atomic mass is 9.67. The zero-order chi connectivity index (χ0) is 9.31. The molecule has 2 atom stereocenters. The van der Waals surface area contributed by atoms with E-state index in [0.717, 1.165) is 18.8 Å². The molecule has 1 N–H and O–H groups in total. The number of hydrogen-bond acceptors (Lipinski definition) is 1. The smallest absolute Gasteiger partial charge is 0.0673 e. The Morgan fingerprint density at radius 1 is 1.23 bits per heavy atom. The Morgan fingerprint density at radius 2 is 1.92 bits per heavy atom. The highest BCUT2D eigenvalue weighted by atomic mass is 16.3. The molecule has 0 spiro atoms. The molecule has 2 aliphatic rings. The van der Waals surface area contributed by atoms with Gasteiger partial charge in [0.2, 0.25) is 0 Å². The summed E-state index contributed by atoms with van der Waals surface area (Å²) in [5.41, 5.74) is -0.261. The predicted octanol–water partition coefficient (Wildman–Crippen LogP) is 3.12. The fourth-order valence-corrected chi connectivity index (χ4v) is 2.89. The Morgan fingerprint density at radius 3 is 2.38 bits per heavy atom. The molecule has 76 valence electrons. The molecule has 0 bridgehead atoms. The van der Waals surface area contributed by atoms with Gasteiger partial charge in [-0.15, -0.1) is 0 Å². The van der Waals surface area contributed by atoms with Crippen LogP contribution in [0, 0.1) is 11.8 Å². The van der Waals surface area contributed by atoms with E-state index in [2.05, 4.69) is 6.92 Å². The first kappa shape index (κ1) is 9.51. The van der Waals surface area contributed by atoms with E-state index >= 15 is 0 Å². The van der Waals surface area contributed by atoms with E-state index in [0.29, 0.717) is 5.92 Å². The second-order valence-corrected chi connectivity index (χ2v) is 5.23. The quantitative estimate of drug-likeness (QED) is 0.711. The van der Waals surface area contributed by atoms with Gasteiger partial charge >= 0.3 is 0 Å². The maximum atomic E-state index is 10.1. The van der Waals surface area contributed by atoms with Crippen molar-refractivity contribution in [3.8, 4) is 0 Å². The fraction of sp³-hybridized carbons (Fsp3) is 1.00. The predicted molar refractivity (Wildman–Crippen MR) is 54.5 cm³/mol. The lowest BCUT2D eigenvalue weighted by molar-refractivity contribution is -0.0953. The van der Waals surface area contributed by atoms with Crippen molar-refractivity contribution in [3.63, 3.8) is 0 Å². The summed E-state index contributed by atoms with van der Waals surface area (Å²) >= 11 is 0. The van der Waals surface area contributed by atoms with Crippen LogP contribution in [0.5, 0.6) is 0 Å². The molecular formula is C12H22O. The molecule has 1 nitrogen and oxygen atoms in total. The lowest BCUT2D eigenvalue weighted by Crippen LogP contribution is -2.45. The summed E-state index contributed by atoms with van der Waals surface area (Å²) in [6, 6.07) is 0. The first-order chi connectivity index (χ1) is 6.21. The van der Waals surface area contributed by atoms with Crippen molar-refractivity contribution in [2.45, 2.75) is 63.9 Å². The van der Waals surface area contributed by atoms with E-state index in [9.17, 15) is 5.11 Å². The van der Waals surface area contributed by atoms with Gasteiger partial charge in [-0.1, -0.05) is 32.6 Å². The Kier molecular flexibility index (Phi) is 2.64. The second kappa shape index (κ2) is 3.61. The van der Waals surface area contributed by atoms with Gasteiger partial charge in [-0.05, 0) is 37.5 Å². The van der Waals surface area contributed by atoms with Crippen molar-refractivity contribution in [1.29, 1.82) is 0 Å². The average molecular weight is 182 g/mol. The van der Waals surface area contributed by atoms with Gasteiger partial charge in [-0.3, -0.25) is 0 Å². The second-order valence-electron chi connectivity index (χ2n) is 5.23. The first-order valence-corrected chi connectivity index (χ1v) is 5.93. The molecule has 0 aromatic heterocycles. The normalized spacial score (nSPS) is 40.6. The van der Waals surface area contributed by atoms with Gasteiger partial charge in [0.05, 0.1) is 5.60 Å². The van der Waals surface area contributed by atoms with E-state index in [1.54, 1.807) is 0 Å². The summed E-state index contributed by atoms with van der Waals surface area (Å²) in [6.07, 6.45) is 10.3. The number of aliphatic hydroxyl groups is 1. The van der Waals surface area contributed by atoms with Crippen LogP contribution >= 0.6 is 0 Å². The van der Waals surface area contributed by atoms with Crippen LogP contribution in [0.1, 0.15) is 58.3 Å². The van der Waals surface area contributed by atoms with Crippen LogP contribution in [0.15, 0.2) is 0 Å². The van der Waals surface area contributed by atoms with Crippen molar-refractivity contribution < 1.29 is 5.11 Å². The molecule has 0 saturated heterocycles. The van der Waals surface area contributed by atoms with E-state index in [-0.39, 0.29) is 5.60 Å². The van der Waals surface area contributed by atoms with E-state index < -0.39 is 0 Å². The molecule has 0 aromatic carbocycles. The number of hydrogen-bond donors (Lipinski definition) is 1. The average Bonchev–Trinajstić information content (AvgIpc) is 2.64. The van der Waals surface area contributed by atoms with Crippen molar-refractivity contribution >= 4 is 0 Å². The van der Waals surface area contributed by atoms with Crippen LogP contribution in [-0.2, 0) is 0 Å². The molecule has 2 aliphatic carbocycles. The number of rotatable bonds is 3. The van der Waals surface area contributed by atoms with E-state index in [1.807, 2.05) is 0 Å². The lowest BCUT2D eigenvalue weighted by Gasteiger charge is -2.44. The molecular weight excluding hydrogens is 160 g/mol. The zero-order valence-electron chi connectivity index (χ0n) is 8.76. The minimum Gasteiger partial charge on any atom is -0.390 e. The van der Waals surface area contributed by atoms with Crippen LogP contribution in [-0.4, -0.2) is 10.7 Å². The SMILES string of the molecule is CC1CCC1(O)CCC1CCCC1. The summed E-state index contributed by atoms with van der Waals surface area (Å²) in [4.78, 5) is 0. The molecule has 0 aromatic rings. The Balaban J connectivity index is 1.72. The molecule has 0 radical (unpaired) electrons. The highest BCUT2D eigenvalue weighted by molar-refractivity contribution is 4.94. The van der Waals surface area contributed by atoms with Gasteiger partial charge in [0.15, 0.2) is 0 Å². The van der Waals surface area contributed by atoms with E-state index in [4.69, 9.17) is 0 Å². The van der Waals surface area contributed by atoms with Gasteiger partial charge in [0.25, 0.3) is 0 Å². The van der Waals surface area contributed by atoms with Crippen molar-refractivity contribution in [1.82, 2.24) is 0 Å². The summed E-state index contributed by atoms with van der Waals surface area (Å²) in [6.45, 7) is 2.19. The van der Waals surface area contributed by atoms with E-state index in [1.165, 1.54) is 38.5 Å². The van der Waals surface area contributed by atoms with Crippen LogP contribution in [0.25, 0.3) is 0 Å². The van der Waals surface area contributed by atoms with Crippen molar-refractivity contribution in [2.24, 2.45) is 11.8 Å². The third-order valence-electron chi connectivity index (χ3n) is 4.39. The molecule has 2 unspecified atom stereocenters. The maximum absolute atomic E-state index is 10.1. The monoisotopic (exact) mass is 182 g/mol. The van der Waals surface area contributed by atoms with Crippen LogP contribution in [0.2, 0.25) is 0 Å². The Bertz CT molecular complexity index is 172. The Hall–Kier alpha value is -0.0400. The van der Waals surface area contributed by atoms with Crippen molar-refractivity contribution in [2.75, 3.05) is 0 Å². The van der Waals surface area contributed by atoms with Gasteiger partial charge in [-0.2, -0.15) is 0 Å². The first-order valence-electron chi connectivity index (χ1n) is 5.93. The molecule has 2 rings (SSSR count). The maximum Gasteiger partial charge on any atom is 0.0673 e. The van der Waals surface area contributed by atoms with Crippen LogP contribution < -0.4 is 0 Å². The van der Waals surface area contributed by atoms with Crippen LogP contribution in [0.4, 0.5) is 0 Å². The van der Waals surface area contributed by atoms with Gasteiger partial charge in [0, 0.05) is 0 Å². The van der Waals surface area contributed by atoms with Crippen LogP contribution in [0.3, 0.4) is 0 Å². The zero-order valence-corrected chi connectivity index (χ0v) is 8.76. The fourth-order valence-electron chi connectivity index (χ4n) is 2.89. The largest absolute Gasteiger partial charge is 0.390 e. The summed E-state index contributed by atoms with van der Waals surface area (Å²) in [5.74, 6) is 1.51. The summed E-state index contributed by atoms with van der Waals surface area (Å²) in [5, 5.41) is 10.1. The topological polar surface area (TPSA) is 20.2 Å². The molecule has 13 heavy (non-hydrogen) atoms. The minimum atomic E-state index is -0.261. The molecule has 0 aliphatic heterocycles. The third kappa shape index (κ3) is 1.90. The molecule has 1 heteroatoms. The van der Waals surface area contributed by atoms with Gasteiger partial charge in [0.1, 0.15) is 0 Å². The summed E-state index contributed by atoms with van der Waals surface area (Å²) < 4.78 is 0. The molecule has 0 amide bonds. The van der Waals surface area contributed by atoms with Gasteiger partial charge < -0.3 is 5.11 Å². The third-order valence-corrected chi connectivity index (χ3v) is 4.39. The van der Waals surface area contributed by atoms with Gasteiger partial charge in [-0.25, -0.2) is 0 Å².